The van der Waals surface area contributed by atoms with Gasteiger partial charge in [0.25, 0.3) is 0 Å². The van der Waals surface area contributed by atoms with Crippen LogP contribution in [-0.4, -0.2) is 27.4 Å². The lowest BCUT2D eigenvalue weighted by Crippen LogP contribution is -2.11. The Bertz CT molecular complexity index is 629. The summed E-state index contributed by atoms with van der Waals surface area (Å²) in [6, 6.07) is 1.75. The van der Waals surface area contributed by atoms with Gasteiger partial charge in [0.2, 0.25) is 0 Å². The molecule has 20 heavy (non-hydrogen) atoms. The van der Waals surface area contributed by atoms with Gasteiger partial charge >= 0.3 is 6.18 Å². The summed E-state index contributed by atoms with van der Waals surface area (Å²) in [4.78, 5) is -0.213. The summed E-state index contributed by atoms with van der Waals surface area (Å²) < 4.78 is 59.2. The fraction of sp³-hybridized carbons (Fsp3) is 0.500. The van der Waals surface area contributed by atoms with Crippen LogP contribution in [0.1, 0.15) is 17.7 Å². The zero-order valence-corrected chi connectivity index (χ0v) is 12.0. The third kappa shape index (κ3) is 4.28. The highest BCUT2D eigenvalue weighted by atomic mass is 32.2. The first-order valence-corrected chi connectivity index (χ1v) is 8.10. The lowest BCUT2D eigenvalue weighted by molar-refractivity contribution is -0.134. The standard InChI is InChI=1S/C10H12F3N3O2S2/c1-20(17,18)8-7(15)6(5-14)19-9(8)16-4-2-3-10(11,12)13/h16H,2-4,15H2,1H3. The van der Waals surface area contributed by atoms with Crippen LogP contribution in [0.3, 0.4) is 0 Å². The molecule has 1 aromatic heterocycles. The number of nitrogens with zero attached hydrogens (tertiary/aromatic N) is 1. The molecule has 3 N–H and O–H groups in total. The topological polar surface area (TPSA) is 96.0 Å². The second-order valence-corrected chi connectivity index (χ2v) is 7.01. The van der Waals surface area contributed by atoms with Crippen LogP contribution in [-0.2, 0) is 9.84 Å². The third-order valence-electron chi connectivity index (χ3n) is 2.29. The van der Waals surface area contributed by atoms with Crippen LogP contribution in [0.4, 0.5) is 23.9 Å². The summed E-state index contributed by atoms with van der Waals surface area (Å²) >= 11 is 0.813. The largest absolute Gasteiger partial charge is 0.396 e. The number of hydrogen-bond donors (Lipinski definition) is 2. The zero-order valence-electron chi connectivity index (χ0n) is 10.4. The SMILES string of the molecule is CS(=O)(=O)c1c(NCCCC(F)(F)F)sc(C#N)c1N. The molecule has 10 heteroatoms. The first-order valence-electron chi connectivity index (χ1n) is 5.39. The van der Waals surface area contributed by atoms with Gasteiger partial charge < -0.3 is 11.1 Å². The van der Waals surface area contributed by atoms with E-state index in [-0.39, 0.29) is 33.4 Å². The highest BCUT2D eigenvalue weighted by Crippen LogP contribution is 2.38. The Balaban J connectivity index is 2.89. The van der Waals surface area contributed by atoms with Crippen molar-refractivity contribution in [3.8, 4) is 6.07 Å². The summed E-state index contributed by atoms with van der Waals surface area (Å²) in [5, 5.41) is 11.5. The minimum absolute atomic E-state index is 0.0174. The Morgan fingerprint density at radius 3 is 2.50 bits per heavy atom. The van der Waals surface area contributed by atoms with Gasteiger partial charge in [-0.1, -0.05) is 0 Å². The molecule has 5 nitrogen and oxygen atoms in total. The summed E-state index contributed by atoms with van der Waals surface area (Å²) in [6.07, 6.45) is -4.51. The second kappa shape index (κ2) is 5.88. The van der Waals surface area contributed by atoms with Gasteiger partial charge in [-0.3, -0.25) is 0 Å². The normalized spacial score (nSPS) is 12.2. The molecule has 112 valence electrons. The fourth-order valence-corrected chi connectivity index (χ4v) is 3.88. The molecule has 0 atom stereocenters. The predicted octanol–water partition coefficient (Wildman–Crippen LogP) is 2.36. The molecule has 1 heterocycles. The molecule has 0 fully saturated rings. The highest BCUT2D eigenvalue weighted by Gasteiger charge is 2.27. The molecule has 0 aliphatic rings. The Kier molecular flexibility index (Phi) is 4.88. The van der Waals surface area contributed by atoms with Gasteiger partial charge in [0.05, 0.1) is 5.69 Å². The fourth-order valence-electron chi connectivity index (χ4n) is 1.49. The number of alkyl halides is 3. The Labute approximate surface area is 118 Å². The summed E-state index contributed by atoms with van der Waals surface area (Å²) in [6.45, 7) is -0.0626. The number of rotatable bonds is 5. The number of anilines is 2. The van der Waals surface area contributed by atoms with Crippen molar-refractivity contribution in [3.05, 3.63) is 4.88 Å². The smallest absolute Gasteiger partial charge is 0.389 e. The van der Waals surface area contributed by atoms with Crippen molar-refractivity contribution < 1.29 is 21.6 Å². The molecule has 0 spiro atoms. The molecule has 0 saturated carbocycles. The number of nitriles is 1. The molecule has 0 saturated heterocycles. The zero-order chi connectivity index (χ0) is 15.6. The van der Waals surface area contributed by atoms with Crippen molar-refractivity contribution in [2.45, 2.75) is 23.9 Å². The van der Waals surface area contributed by atoms with Crippen molar-refractivity contribution in [1.82, 2.24) is 0 Å². The van der Waals surface area contributed by atoms with E-state index >= 15 is 0 Å². The summed E-state index contributed by atoms with van der Waals surface area (Å²) in [5.74, 6) is 0. The minimum Gasteiger partial charge on any atom is -0.396 e. The average Bonchev–Trinajstić information content (AvgIpc) is 2.59. The van der Waals surface area contributed by atoms with Crippen LogP contribution >= 0.6 is 11.3 Å². The maximum Gasteiger partial charge on any atom is 0.389 e. The lowest BCUT2D eigenvalue weighted by Gasteiger charge is -2.08. The molecule has 1 aromatic rings. The van der Waals surface area contributed by atoms with E-state index in [1.807, 2.05) is 0 Å². The molecule has 0 bridgehead atoms. The Morgan fingerprint density at radius 1 is 1.45 bits per heavy atom. The molecular weight excluding hydrogens is 315 g/mol. The Hall–Kier alpha value is -1.47. The van der Waals surface area contributed by atoms with E-state index in [1.165, 1.54) is 0 Å². The second-order valence-electron chi connectivity index (χ2n) is 4.03. The van der Waals surface area contributed by atoms with Crippen LogP contribution in [0.2, 0.25) is 0 Å². The average molecular weight is 327 g/mol. The van der Waals surface area contributed by atoms with Gasteiger partial charge in [0, 0.05) is 19.2 Å². The first-order chi connectivity index (χ1) is 9.06. The number of nitrogens with one attached hydrogen (secondary N) is 1. The van der Waals surface area contributed by atoms with E-state index in [1.54, 1.807) is 6.07 Å². The van der Waals surface area contributed by atoms with Crippen molar-refractivity contribution >= 4 is 31.9 Å². The van der Waals surface area contributed by atoms with E-state index in [0.29, 0.717) is 0 Å². The summed E-state index contributed by atoms with van der Waals surface area (Å²) in [7, 11) is -3.67. The Morgan fingerprint density at radius 2 is 2.05 bits per heavy atom. The first kappa shape index (κ1) is 16.6. The number of halogens is 3. The van der Waals surface area contributed by atoms with E-state index in [2.05, 4.69) is 5.32 Å². The van der Waals surface area contributed by atoms with E-state index in [4.69, 9.17) is 11.0 Å². The molecule has 0 aliphatic heterocycles. The van der Waals surface area contributed by atoms with Crippen LogP contribution in [0.25, 0.3) is 0 Å². The molecular formula is C10H12F3N3O2S2. The third-order valence-corrected chi connectivity index (χ3v) is 4.66. The van der Waals surface area contributed by atoms with Gasteiger partial charge in [0.15, 0.2) is 9.84 Å². The minimum atomic E-state index is -4.26. The highest BCUT2D eigenvalue weighted by molar-refractivity contribution is 7.91. The monoisotopic (exact) mass is 327 g/mol. The van der Waals surface area contributed by atoms with Crippen molar-refractivity contribution in [3.63, 3.8) is 0 Å². The molecule has 0 unspecified atom stereocenters. The van der Waals surface area contributed by atoms with E-state index in [9.17, 15) is 21.6 Å². The quantitative estimate of drug-likeness (QED) is 0.809. The van der Waals surface area contributed by atoms with E-state index in [0.717, 1.165) is 17.6 Å². The van der Waals surface area contributed by atoms with Crippen LogP contribution < -0.4 is 11.1 Å². The molecule has 0 amide bonds. The lowest BCUT2D eigenvalue weighted by atomic mass is 10.3. The molecule has 0 radical (unpaired) electrons. The van der Waals surface area contributed by atoms with Crippen molar-refractivity contribution in [2.24, 2.45) is 0 Å². The van der Waals surface area contributed by atoms with Crippen LogP contribution in [0, 0.1) is 11.3 Å². The number of sulfone groups is 1. The van der Waals surface area contributed by atoms with Crippen LogP contribution in [0.5, 0.6) is 0 Å². The number of nitrogens with two attached hydrogens (primary N) is 1. The molecule has 1 rings (SSSR count). The van der Waals surface area contributed by atoms with Gasteiger partial charge in [-0.15, -0.1) is 11.3 Å². The van der Waals surface area contributed by atoms with Gasteiger partial charge in [-0.25, -0.2) is 8.42 Å². The summed E-state index contributed by atoms with van der Waals surface area (Å²) in [5.41, 5.74) is 5.39. The molecule has 0 aliphatic carbocycles. The maximum atomic E-state index is 12.0. The van der Waals surface area contributed by atoms with Gasteiger partial charge in [-0.2, -0.15) is 18.4 Å². The van der Waals surface area contributed by atoms with E-state index < -0.39 is 22.4 Å². The van der Waals surface area contributed by atoms with Crippen molar-refractivity contribution in [1.29, 1.82) is 5.26 Å². The van der Waals surface area contributed by atoms with Gasteiger partial charge in [-0.05, 0) is 6.42 Å². The maximum absolute atomic E-state index is 12.0. The number of nitrogen functional groups attached to an aromatic ring is 1. The van der Waals surface area contributed by atoms with Gasteiger partial charge in [0.1, 0.15) is 20.8 Å². The number of hydrogen-bond acceptors (Lipinski definition) is 6. The number of thiophene rings is 1. The molecule has 0 aromatic carbocycles. The predicted molar refractivity (Wildman–Crippen MR) is 70.3 cm³/mol. The van der Waals surface area contributed by atoms with Crippen molar-refractivity contribution in [2.75, 3.05) is 23.9 Å². The van der Waals surface area contributed by atoms with Crippen LogP contribution in [0.15, 0.2) is 4.90 Å².